The summed E-state index contributed by atoms with van der Waals surface area (Å²) < 4.78 is 18.5. The Balaban J connectivity index is 1.72. The zero-order chi connectivity index (χ0) is 17.6. The van der Waals surface area contributed by atoms with Crippen molar-refractivity contribution in [2.75, 3.05) is 5.32 Å². The minimum absolute atomic E-state index is 0.0885. The normalized spacial score (nSPS) is 11.4. The van der Waals surface area contributed by atoms with E-state index >= 15 is 0 Å². The summed E-state index contributed by atoms with van der Waals surface area (Å²) in [6, 6.07) is 16.7. The standard InChI is InChI=1S/C19H15FN4O/c1-13(15-4-2-3-14(11-15)12-21)23-19-22-10-9-18(24-19)25-17-7-5-16(20)6-8-17/h2-11,13H,1H3,(H,22,23,24). The van der Waals surface area contributed by atoms with Crippen LogP contribution in [-0.4, -0.2) is 9.97 Å². The summed E-state index contributed by atoms with van der Waals surface area (Å²) in [7, 11) is 0. The molecule has 0 fully saturated rings. The van der Waals surface area contributed by atoms with E-state index in [4.69, 9.17) is 10.00 Å². The molecule has 0 bridgehead atoms. The molecule has 0 amide bonds. The molecule has 1 unspecified atom stereocenters. The highest BCUT2D eigenvalue weighted by molar-refractivity contribution is 5.38. The van der Waals surface area contributed by atoms with E-state index in [0.717, 1.165) is 5.56 Å². The molecule has 25 heavy (non-hydrogen) atoms. The Bertz CT molecular complexity index is 906. The van der Waals surface area contributed by atoms with Gasteiger partial charge in [-0.05, 0) is 48.9 Å². The Morgan fingerprint density at radius 2 is 1.96 bits per heavy atom. The lowest BCUT2D eigenvalue weighted by atomic mass is 10.1. The van der Waals surface area contributed by atoms with Gasteiger partial charge in [0.15, 0.2) is 0 Å². The first kappa shape index (κ1) is 16.4. The van der Waals surface area contributed by atoms with E-state index in [2.05, 4.69) is 21.4 Å². The zero-order valence-corrected chi connectivity index (χ0v) is 13.5. The van der Waals surface area contributed by atoms with E-state index in [0.29, 0.717) is 23.1 Å². The number of nitrogens with zero attached hydrogens (tertiary/aromatic N) is 3. The highest BCUT2D eigenvalue weighted by atomic mass is 19.1. The number of benzene rings is 2. The third-order valence-corrected chi connectivity index (χ3v) is 3.53. The third-order valence-electron chi connectivity index (χ3n) is 3.53. The van der Waals surface area contributed by atoms with Crippen LogP contribution in [0.25, 0.3) is 0 Å². The fourth-order valence-corrected chi connectivity index (χ4v) is 2.25. The summed E-state index contributed by atoms with van der Waals surface area (Å²) in [5.41, 5.74) is 1.55. The number of ether oxygens (including phenoxy) is 1. The first-order chi connectivity index (χ1) is 12.1. The molecule has 3 aromatic rings. The van der Waals surface area contributed by atoms with Crippen molar-refractivity contribution in [1.29, 1.82) is 5.26 Å². The van der Waals surface area contributed by atoms with Crippen molar-refractivity contribution < 1.29 is 9.13 Å². The van der Waals surface area contributed by atoms with Gasteiger partial charge >= 0.3 is 0 Å². The van der Waals surface area contributed by atoms with E-state index in [-0.39, 0.29) is 11.9 Å². The second-order valence-electron chi connectivity index (χ2n) is 5.38. The van der Waals surface area contributed by atoms with Crippen molar-refractivity contribution in [3.8, 4) is 17.7 Å². The largest absolute Gasteiger partial charge is 0.439 e. The summed E-state index contributed by atoms with van der Waals surface area (Å²) in [5.74, 6) is 0.906. The Hall–Kier alpha value is -3.46. The van der Waals surface area contributed by atoms with Crippen molar-refractivity contribution in [3.63, 3.8) is 0 Å². The van der Waals surface area contributed by atoms with E-state index in [1.807, 2.05) is 25.1 Å². The molecule has 1 N–H and O–H groups in total. The number of anilines is 1. The van der Waals surface area contributed by atoms with Gasteiger partial charge in [-0.3, -0.25) is 0 Å². The fraction of sp³-hybridized carbons (Fsp3) is 0.105. The van der Waals surface area contributed by atoms with Crippen LogP contribution in [0.4, 0.5) is 10.3 Å². The summed E-state index contributed by atoms with van der Waals surface area (Å²) in [5, 5.41) is 12.2. The first-order valence-corrected chi connectivity index (χ1v) is 7.67. The third kappa shape index (κ3) is 4.30. The average Bonchev–Trinajstić information content (AvgIpc) is 2.64. The maximum atomic E-state index is 12.9. The molecule has 124 valence electrons. The number of hydrogen-bond acceptors (Lipinski definition) is 5. The van der Waals surface area contributed by atoms with Gasteiger partial charge in [-0.1, -0.05) is 12.1 Å². The summed E-state index contributed by atoms with van der Waals surface area (Å²) in [4.78, 5) is 8.47. The van der Waals surface area contributed by atoms with Crippen molar-refractivity contribution in [1.82, 2.24) is 9.97 Å². The number of nitrogens with one attached hydrogen (secondary N) is 1. The number of hydrogen-bond donors (Lipinski definition) is 1. The van der Waals surface area contributed by atoms with Crippen LogP contribution in [0, 0.1) is 17.1 Å². The first-order valence-electron chi connectivity index (χ1n) is 7.67. The highest BCUT2D eigenvalue weighted by Gasteiger charge is 2.09. The van der Waals surface area contributed by atoms with Crippen LogP contribution < -0.4 is 10.1 Å². The molecule has 3 rings (SSSR count). The minimum atomic E-state index is -0.328. The van der Waals surface area contributed by atoms with Crippen molar-refractivity contribution >= 4 is 5.95 Å². The molecule has 0 saturated heterocycles. The van der Waals surface area contributed by atoms with Crippen LogP contribution in [0.3, 0.4) is 0 Å². The predicted octanol–water partition coefficient (Wildman–Crippen LogP) is 4.45. The molecular weight excluding hydrogens is 319 g/mol. The lowest BCUT2D eigenvalue weighted by molar-refractivity contribution is 0.460. The second kappa shape index (κ2) is 7.41. The number of halogens is 1. The highest BCUT2D eigenvalue weighted by Crippen LogP contribution is 2.22. The lowest BCUT2D eigenvalue weighted by Gasteiger charge is -2.15. The monoisotopic (exact) mass is 334 g/mol. The maximum Gasteiger partial charge on any atom is 0.226 e. The Morgan fingerprint density at radius 1 is 1.16 bits per heavy atom. The maximum absolute atomic E-state index is 12.9. The van der Waals surface area contributed by atoms with Crippen LogP contribution in [-0.2, 0) is 0 Å². The van der Waals surface area contributed by atoms with E-state index in [9.17, 15) is 4.39 Å². The van der Waals surface area contributed by atoms with Gasteiger partial charge in [-0.25, -0.2) is 9.37 Å². The van der Waals surface area contributed by atoms with Crippen molar-refractivity contribution in [2.45, 2.75) is 13.0 Å². The number of nitriles is 1. The Kier molecular flexibility index (Phi) is 4.86. The van der Waals surface area contributed by atoms with Gasteiger partial charge in [0, 0.05) is 12.3 Å². The van der Waals surface area contributed by atoms with E-state index in [1.165, 1.54) is 24.3 Å². The van der Waals surface area contributed by atoms with Gasteiger partial charge in [0.05, 0.1) is 17.7 Å². The molecular formula is C19H15FN4O. The van der Waals surface area contributed by atoms with E-state index < -0.39 is 0 Å². The van der Waals surface area contributed by atoms with Crippen LogP contribution >= 0.6 is 0 Å². The fourth-order valence-electron chi connectivity index (χ4n) is 2.25. The molecule has 0 aliphatic carbocycles. The topological polar surface area (TPSA) is 70.8 Å². The summed E-state index contributed by atoms with van der Waals surface area (Å²) in [6.45, 7) is 1.95. The molecule has 0 saturated carbocycles. The lowest BCUT2D eigenvalue weighted by Crippen LogP contribution is -2.09. The average molecular weight is 334 g/mol. The van der Waals surface area contributed by atoms with Gasteiger partial charge in [0.2, 0.25) is 11.8 Å². The number of aromatic nitrogens is 2. The van der Waals surface area contributed by atoms with Crippen LogP contribution in [0.2, 0.25) is 0 Å². The molecule has 0 spiro atoms. The zero-order valence-electron chi connectivity index (χ0n) is 13.5. The van der Waals surface area contributed by atoms with E-state index in [1.54, 1.807) is 18.3 Å². The molecule has 1 heterocycles. The molecule has 1 aromatic heterocycles. The summed E-state index contributed by atoms with van der Waals surface area (Å²) in [6.07, 6.45) is 1.58. The minimum Gasteiger partial charge on any atom is -0.439 e. The predicted molar refractivity (Wildman–Crippen MR) is 91.7 cm³/mol. The van der Waals surface area contributed by atoms with Crippen LogP contribution in [0.15, 0.2) is 60.8 Å². The van der Waals surface area contributed by atoms with Crippen molar-refractivity contribution in [3.05, 3.63) is 77.7 Å². The molecule has 2 aromatic carbocycles. The van der Waals surface area contributed by atoms with Gasteiger partial charge < -0.3 is 10.1 Å². The van der Waals surface area contributed by atoms with Gasteiger partial charge in [-0.15, -0.1) is 0 Å². The Morgan fingerprint density at radius 3 is 2.72 bits per heavy atom. The van der Waals surface area contributed by atoms with Crippen molar-refractivity contribution in [2.24, 2.45) is 0 Å². The Labute approximate surface area is 144 Å². The van der Waals surface area contributed by atoms with Gasteiger partial charge in [0.25, 0.3) is 0 Å². The molecule has 0 radical (unpaired) electrons. The van der Waals surface area contributed by atoms with Gasteiger partial charge in [-0.2, -0.15) is 10.2 Å². The number of rotatable bonds is 5. The molecule has 1 atom stereocenters. The molecule has 5 nitrogen and oxygen atoms in total. The smallest absolute Gasteiger partial charge is 0.226 e. The van der Waals surface area contributed by atoms with Gasteiger partial charge in [0.1, 0.15) is 11.6 Å². The summed E-state index contributed by atoms with van der Waals surface area (Å²) >= 11 is 0. The molecule has 0 aliphatic heterocycles. The quantitative estimate of drug-likeness (QED) is 0.746. The SMILES string of the molecule is CC(Nc1nccc(Oc2ccc(F)cc2)n1)c1cccc(C#N)c1. The second-order valence-corrected chi connectivity index (χ2v) is 5.38. The van der Waals surface area contributed by atoms with Crippen LogP contribution in [0.5, 0.6) is 11.6 Å². The molecule has 6 heteroatoms. The molecule has 0 aliphatic rings. The van der Waals surface area contributed by atoms with Crippen LogP contribution in [0.1, 0.15) is 24.1 Å².